The molecule has 47 heavy (non-hydrogen) atoms. The Kier molecular flexibility index (Phi) is 5.57. The molecule has 0 N–H and O–H groups in total. The average molecular weight is 602 g/mol. The summed E-state index contributed by atoms with van der Waals surface area (Å²) >= 11 is 0. The van der Waals surface area contributed by atoms with Gasteiger partial charge in [-0.15, -0.1) is 0 Å². The van der Waals surface area contributed by atoms with Crippen molar-refractivity contribution in [1.82, 2.24) is 0 Å². The van der Waals surface area contributed by atoms with Crippen LogP contribution in [-0.4, -0.2) is 0 Å². The number of fused-ring (bicyclic) bond motifs is 9. The van der Waals surface area contributed by atoms with Gasteiger partial charge in [0.05, 0.1) is 5.69 Å². The van der Waals surface area contributed by atoms with Crippen LogP contribution >= 0.6 is 0 Å². The minimum Gasteiger partial charge on any atom is -0.456 e. The third-order valence-corrected chi connectivity index (χ3v) is 9.45. The highest BCUT2D eigenvalue weighted by atomic mass is 16.3. The first-order chi connectivity index (χ1) is 23.3. The number of hydrogen-bond acceptors (Lipinski definition) is 3. The van der Waals surface area contributed by atoms with Gasteiger partial charge in [-0.05, 0) is 81.2 Å². The number of para-hydroxylation sites is 2. The van der Waals surface area contributed by atoms with Crippen LogP contribution in [0.15, 0.2) is 173 Å². The van der Waals surface area contributed by atoms with Gasteiger partial charge in [-0.25, -0.2) is 0 Å². The maximum Gasteiger partial charge on any atom is 0.159 e. The van der Waals surface area contributed by atoms with Crippen LogP contribution in [-0.2, 0) is 0 Å². The molecule has 10 rings (SSSR count). The van der Waals surface area contributed by atoms with E-state index in [1.165, 1.54) is 32.7 Å². The third-order valence-electron chi connectivity index (χ3n) is 9.45. The Balaban J connectivity index is 1.21. The molecule has 0 saturated carbocycles. The molecule has 2 aromatic heterocycles. The Morgan fingerprint density at radius 2 is 1.02 bits per heavy atom. The lowest BCUT2D eigenvalue weighted by Gasteiger charge is -2.26. The average Bonchev–Trinajstić information content (AvgIpc) is 3.71. The Bertz CT molecular complexity index is 2800. The molecule has 0 aliphatic carbocycles. The standard InChI is InChI=1S/C44H27NO2/c1-3-12-33-28(9-1)11-7-15-34(33)30-19-22-31(23-20-30)45(32-24-26-41-38(27-32)36-14-5-6-18-40(36)46-41)39-17-8-16-37-43-35-13-4-2-10-29(35)21-25-42(43)47-44(37)39/h1-27H. The number of benzene rings is 8. The van der Waals surface area contributed by atoms with Crippen molar-refractivity contribution in [3.8, 4) is 11.1 Å². The normalized spacial score (nSPS) is 11.8. The smallest absolute Gasteiger partial charge is 0.159 e. The molecule has 10 aromatic rings. The summed E-state index contributed by atoms with van der Waals surface area (Å²) in [6.07, 6.45) is 0. The zero-order valence-corrected chi connectivity index (χ0v) is 25.4. The quantitative estimate of drug-likeness (QED) is 0.201. The van der Waals surface area contributed by atoms with Gasteiger partial charge in [-0.2, -0.15) is 0 Å². The van der Waals surface area contributed by atoms with E-state index in [2.05, 4.69) is 157 Å². The van der Waals surface area contributed by atoms with Gasteiger partial charge in [0.15, 0.2) is 5.58 Å². The van der Waals surface area contributed by atoms with Gasteiger partial charge in [0.2, 0.25) is 0 Å². The van der Waals surface area contributed by atoms with Gasteiger partial charge < -0.3 is 13.7 Å². The Labute approximate surface area is 270 Å². The van der Waals surface area contributed by atoms with Crippen LogP contribution < -0.4 is 4.90 Å². The van der Waals surface area contributed by atoms with Crippen molar-refractivity contribution >= 4 is 82.5 Å². The van der Waals surface area contributed by atoms with E-state index in [1.54, 1.807) is 0 Å². The van der Waals surface area contributed by atoms with Crippen molar-refractivity contribution in [2.75, 3.05) is 4.90 Å². The van der Waals surface area contributed by atoms with Gasteiger partial charge in [-0.3, -0.25) is 0 Å². The molecular formula is C44H27NO2. The highest BCUT2D eigenvalue weighted by Crippen LogP contribution is 2.45. The summed E-state index contributed by atoms with van der Waals surface area (Å²) < 4.78 is 13.0. The van der Waals surface area contributed by atoms with Crippen molar-refractivity contribution in [3.63, 3.8) is 0 Å². The molecule has 2 heterocycles. The first-order valence-electron chi connectivity index (χ1n) is 15.9. The summed E-state index contributed by atoms with van der Waals surface area (Å²) in [7, 11) is 0. The number of rotatable bonds is 4. The molecule has 0 fully saturated rings. The number of furan rings is 2. The van der Waals surface area contributed by atoms with Crippen LogP contribution in [0.2, 0.25) is 0 Å². The predicted molar refractivity (Wildman–Crippen MR) is 196 cm³/mol. The van der Waals surface area contributed by atoms with Crippen LogP contribution in [0.4, 0.5) is 17.1 Å². The summed E-state index contributed by atoms with van der Waals surface area (Å²) in [6.45, 7) is 0. The van der Waals surface area contributed by atoms with Gasteiger partial charge >= 0.3 is 0 Å². The molecule has 0 amide bonds. The lowest BCUT2D eigenvalue weighted by atomic mass is 9.98. The van der Waals surface area contributed by atoms with Crippen LogP contribution in [0, 0.1) is 0 Å². The van der Waals surface area contributed by atoms with E-state index in [4.69, 9.17) is 8.83 Å². The second-order valence-corrected chi connectivity index (χ2v) is 12.1. The highest BCUT2D eigenvalue weighted by Gasteiger charge is 2.21. The first kappa shape index (κ1) is 26.0. The van der Waals surface area contributed by atoms with Gasteiger partial charge in [0, 0.05) is 32.9 Å². The Morgan fingerprint density at radius 1 is 0.383 bits per heavy atom. The van der Waals surface area contributed by atoms with E-state index in [0.29, 0.717) is 0 Å². The van der Waals surface area contributed by atoms with E-state index < -0.39 is 0 Å². The second kappa shape index (κ2) is 10.1. The highest BCUT2D eigenvalue weighted by molar-refractivity contribution is 6.21. The van der Waals surface area contributed by atoms with Crippen LogP contribution in [0.3, 0.4) is 0 Å². The monoisotopic (exact) mass is 601 g/mol. The molecule has 0 unspecified atom stereocenters. The number of anilines is 3. The minimum atomic E-state index is 0.856. The fraction of sp³-hybridized carbons (Fsp3) is 0. The summed E-state index contributed by atoms with van der Waals surface area (Å²) in [5.41, 5.74) is 8.94. The van der Waals surface area contributed by atoms with E-state index in [-0.39, 0.29) is 0 Å². The molecule has 0 saturated heterocycles. The largest absolute Gasteiger partial charge is 0.456 e. The van der Waals surface area contributed by atoms with E-state index in [0.717, 1.165) is 60.9 Å². The lowest BCUT2D eigenvalue weighted by molar-refractivity contribution is 0.669. The molecule has 3 heteroatoms. The Morgan fingerprint density at radius 3 is 1.89 bits per heavy atom. The molecular weight excluding hydrogens is 574 g/mol. The third kappa shape index (κ3) is 4.00. The first-order valence-corrected chi connectivity index (χ1v) is 15.9. The molecule has 220 valence electrons. The summed E-state index contributed by atoms with van der Waals surface area (Å²) in [5, 5.41) is 9.30. The molecule has 8 aromatic carbocycles. The number of hydrogen-bond donors (Lipinski definition) is 0. The fourth-order valence-corrected chi connectivity index (χ4v) is 7.28. The van der Waals surface area contributed by atoms with Crippen molar-refractivity contribution < 1.29 is 8.83 Å². The van der Waals surface area contributed by atoms with Crippen molar-refractivity contribution in [3.05, 3.63) is 164 Å². The predicted octanol–water partition coefficient (Wildman–Crippen LogP) is 12.9. The van der Waals surface area contributed by atoms with Gasteiger partial charge in [0.1, 0.15) is 16.7 Å². The Hall–Kier alpha value is -6.32. The van der Waals surface area contributed by atoms with Crippen molar-refractivity contribution in [2.45, 2.75) is 0 Å². The van der Waals surface area contributed by atoms with E-state index in [9.17, 15) is 0 Å². The summed E-state index contributed by atoms with van der Waals surface area (Å²) in [6, 6.07) is 57.8. The molecule has 0 radical (unpaired) electrons. The molecule has 0 spiro atoms. The zero-order valence-electron chi connectivity index (χ0n) is 25.4. The van der Waals surface area contributed by atoms with Crippen molar-refractivity contribution in [1.29, 1.82) is 0 Å². The summed E-state index contributed by atoms with van der Waals surface area (Å²) in [5.74, 6) is 0. The fourth-order valence-electron chi connectivity index (χ4n) is 7.28. The zero-order chi connectivity index (χ0) is 30.9. The van der Waals surface area contributed by atoms with Gasteiger partial charge in [-0.1, -0.05) is 115 Å². The number of nitrogens with zero attached hydrogens (tertiary/aromatic N) is 1. The van der Waals surface area contributed by atoms with Crippen LogP contribution in [0.5, 0.6) is 0 Å². The van der Waals surface area contributed by atoms with E-state index >= 15 is 0 Å². The SMILES string of the molecule is c1ccc2c(-c3ccc(N(c4ccc5oc6ccccc6c5c4)c4cccc5c4oc4ccc6ccccc6c45)cc3)cccc2c1. The van der Waals surface area contributed by atoms with Gasteiger partial charge in [0.25, 0.3) is 0 Å². The topological polar surface area (TPSA) is 29.5 Å². The maximum absolute atomic E-state index is 6.74. The molecule has 3 nitrogen and oxygen atoms in total. The lowest BCUT2D eigenvalue weighted by Crippen LogP contribution is -2.10. The van der Waals surface area contributed by atoms with Crippen LogP contribution in [0.1, 0.15) is 0 Å². The second-order valence-electron chi connectivity index (χ2n) is 12.1. The molecule has 0 bridgehead atoms. The van der Waals surface area contributed by atoms with Crippen LogP contribution in [0.25, 0.3) is 76.5 Å². The molecule has 0 aliphatic rings. The van der Waals surface area contributed by atoms with E-state index in [1.807, 2.05) is 12.1 Å². The maximum atomic E-state index is 6.74. The summed E-state index contributed by atoms with van der Waals surface area (Å²) in [4.78, 5) is 2.31. The van der Waals surface area contributed by atoms with Crippen molar-refractivity contribution in [2.24, 2.45) is 0 Å². The molecule has 0 atom stereocenters. The minimum absolute atomic E-state index is 0.856. The molecule has 0 aliphatic heterocycles.